The van der Waals surface area contributed by atoms with E-state index in [1.807, 2.05) is 0 Å². The number of rotatable bonds is 7. The van der Waals surface area contributed by atoms with Gasteiger partial charge in [0.2, 0.25) is 0 Å². The Morgan fingerprint density at radius 1 is 1.19 bits per heavy atom. The lowest BCUT2D eigenvalue weighted by molar-refractivity contribution is -0.0553. The van der Waals surface area contributed by atoms with Crippen LogP contribution < -0.4 is 5.32 Å². The summed E-state index contributed by atoms with van der Waals surface area (Å²) in [6.45, 7) is 12.7. The van der Waals surface area contributed by atoms with Crippen molar-refractivity contribution >= 4 is 0 Å². The molecule has 1 aliphatic heterocycles. The standard InChI is InChI=1S/C18H30N2O/c1-4-10-19-11-9-16-7-5-6-8-17(16)14-20-12-13-21-15-18(20,2)3/h5-8,19H,4,9-15H2,1-3H3. The van der Waals surface area contributed by atoms with E-state index in [0.717, 1.165) is 45.8 Å². The molecule has 0 unspecified atom stereocenters. The highest BCUT2D eigenvalue weighted by Crippen LogP contribution is 2.23. The van der Waals surface area contributed by atoms with Crippen LogP contribution in [0.4, 0.5) is 0 Å². The summed E-state index contributed by atoms with van der Waals surface area (Å²) in [5, 5.41) is 3.50. The van der Waals surface area contributed by atoms with Crippen molar-refractivity contribution in [2.24, 2.45) is 0 Å². The van der Waals surface area contributed by atoms with Crippen LogP contribution >= 0.6 is 0 Å². The minimum absolute atomic E-state index is 0.131. The Hall–Kier alpha value is -0.900. The molecule has 0 saturated carbocycles. The first-order valence-corrected chi connectivity index (χ1v) is 8.24. The van der Waals surface area contributed by atoms with Gasteiger partial charge in [0.15, 0.2) is 0 Å². The van der Waals surface area contributed by atoms with Crippen molar-refractivity contribution in [3.05, 3.63) is 35.4 Å². The summed E-state index contributed by atoms with van der Waals surface area (Å²) >= 11 is 0. The summed E-state index contributed by atoms with van der Waals surface area (Å²) in [7, 11) is 0. The van der Waals surface area contributed by atoms with Crippen LogP contribution in [0.15, 0.2) is 24.3 Å². The van der Waals surface area contributed by atoms with Crippen LogP contribution in [0, 0.1) is 0 Å². The first-order valence-electron chi connectivity index (χ1n) is 8.24. The Bertz CT molecular complexity index is 431. The molecule has 1 saturated heterocycles. The van der Waals surface area contributed by atoms with Crippen LogP contribution in [-0.4, -0.2) is 43.3 Å². The Kier molecular flexibility index (Phi) is 6.22. The molecule has 118 valence electrons. The molecule has 0 amide bonds. The van der Waals surface area contributed by atoms with Gasteiger partial charge in [-0.3, -0.25) is 4.90 Å². The zero-order valence-electron chi connectivity index (χ0n) is 13.8. The summed E-state index contributed by atoms with van der Waals surface area (Å²) < 4.78 is 5.62. The second-order valence-electron chi connectivity index (χ2n) is 6.56. The molecular weight excluding hydrogens is 260 g/mol. The minimum Gasteiger partial charge on any atom is -0.378 e. The van der Waals surface area contributed by atoms with Gasteiger partial charge in [0.25, 0.3) is 0 Å². The maximum Gasteiger partial charge on any atom is 0.0645 e. The van der Waals surface area contributed by atoms with Crippen molar-refractivity contribution in [3.63, 3.8) is 0 Å². The molecule has 1 fully saturated rings. The molecule has 1 heterocycles. The molecule has 0 atom stereocenters. The maximum atomic E-state index is 5.62. The van der Waals surface area contributed by atoms with E-state index in [4.69, 9.17) is 4.74 Å². The van der Waals surface area contributed by atoms with Gasteiger partial charge < -0.3 is 10.1 Å². The van der Waals surface area contributed by atoms with Gasteiger partial charge in [0, 0.05) is 18.6 Å². The molecule has 3 heteroatoms. The number of ether oxygens (including phenoxy) is 1. The third kappa shape index (κ3) is 4.80. The molecule has 0 aliphatic carbocycles. The minimum atomic E-state index is 0.131. The topological polar surface area (TPSA) is 24.5 Å². The molecule has 3 nitrogen and oxygen atoms in total. The first kappa shape index (κ1) is 16.5. The summed E-state index contributed by atoms with van der Waals surface area (Å²) in [4.78, 5) is 2.55. The van der Waals surface area contributed by atoms with Crippen LogP contribution in [0.25, 0.3) is 0 Å². The lowest BCUT2D eigenvalue weighted by atomic mass is 9.98. The van der Waals surface area contributed by atoms with E-state index in [0.29, 0.717) is 0 Å². The largest absolute Gasteiger partial charge is 0.378 e. The molecule has 1 aromatic rings. The highest BCUT2D eigenvalue weighted by molar-refractivity contribution is 5.27. The third-order valence-electron chi connectivity index (χ3n) is 4.29. The molecule has 1 N–H and O–H groups in total. The molecular formula is C18H30N2O. The molecule has 1 aliphatic rings. The maximum absolute atomic E-state index is 5.62. The molecule has 0 spiro atoms. The predicted octanol–water partition coefficient (Wildman–Crippen LogP) is 2.84. The second kappa shape index (κ2) is 7.92. The number of nitrogens with one attached hydrogen (secondary N) is 1. The van der Waals surface area contributed by atoms with Gasteiger partial charge >= 0.3 is 0 Å². The van der Waals surface area contributed by atoms with Gasteiger partial charge in [-0.15, -0.1) is 0 Å². The van der Waals surface area contributed by atoms with Crippen LogP contribution in [0.3, 0.4) is 0 Å². The highest BCUT2D eigenvalue weighted by atomic mass is 16.5. The summed E-state index contributed by atoms with van der Waals surface area (Å²) in [6.07, 6.45) is 2.31. The first-order chi connectivity index (χ1) is 10.1. The van der Waals surface area contributed by atoms with Crippen LogP contribution in [0.2, 0.25) is 0 Å². The lowest BCUT2D eigenvalue weighted by Gasteiger charge is -2.42. The highest BCUT2D eigenvalue weighted by Gasteiger charge is 2.30. The zero-order chi connectivity index (χ0) is 15.1. The average molecular weight is 290 g/mol. The Balaban J connectivity index is 1.98. The molecule has 0 radical (unpaired) electrons. The Morgan fingerprint density at radius 2 is 1.95 bits per heavy atom. The fourth-order valence-electron chi connectivity index (χ4n) is 2.87. The quantitative estimate of drug-likeness (QED) is 0.782. The third-order valence-corrected chi connectivity index (χ3v) is 4.29. The van der Waals surface area contributed by atoms with Crippen LogP contribution in [-0.2, 0) is 17.7 Å². The van der Waals surface area contributed by atoms with Gasteiger partial charge in [-0.05, 0) is 50.9 Å². The summed E-state index contributed by atoms with van der Waals surface area (Å²) in [5.74, 6) is 0. The monoisotopic (exact) mass is 290 g/mol. The van der Waals surface area contributed by atoms with Crippen molar-refractivity contribution in [1.29, 1.82) is 0 Å². The fraction of sp³-hybridized carbons (Fsp3) is 0.667. The van der Waals surface area contributed by atoms with Gasteiger partial charge in [0.05, 0.1) is 13.2 Å². The number of hydrogen-bond donors (Lipinski definition) is 1. The van der Waals surface area contributed by atoms with Gasteiger partial charge in [-0.2, -0.15) is 0 Å². The number of hydrogen-bond acceptors (Lipinski definition) is 3. The Labute approximate surface area is 129 Å². The van der Waals surface area contributed by atoms with Crippen molar-refractivity contribution in [1.82, 2.24) is 10.2 Å². The van der Waals surface area contributed by atoms with E-state index in [2.05, 4.69) is 55.3 Å². The zero-order valence-corrected chi connectivity index (χ0v) is 13.8. The van der Waals surface area contributed by atoms with Crippen molar-refractivity contribution < 1.29 is 4.74 Å². The lowest BCUT2D eigenvalue weighted by Crippen LogP contribution is -2.52. The Morgan fingerprint density at radius 3 is 2.67 bits per heavy atom. The second-order valence-corrected chi connectivity index (χ2v) is 6.56. The van der Waals surface area contributed by atoms with Gasteiger partial charge in [0.1, 0.15) is 0 Å². The van der Waals surface area contributed by atoms with Gasteiger partial charge in [-0.25, -0.2) is 0 Å². The summed E-state index contributed by atoms with van der Waals surface area (Å²) in [6, 6.07) is 8.87. The predicted molar refractivity (Wildman–Crippen MR) is 88.6 cm³/mol. The molecule has 0 bridgehead atoms. The normalized spacial score (nSPS) is 18.8. The van der Waals surface area contributed by atoms with Crippen LogP contribution in [0.1, 0.15) is 38.3 Å². The van der Waals surface area contributed by atoms with E-state index in [9.17, 15) is 0 Å². The van der Waals surface area contributed by atoms with E-state index >= 15 is 0 Å². The van der Waals surface area contributed by atoms with Crippen molar-refractivity contribution in [2.75, 3.05) is 32.8 Å². The number of nitrogens with zero attached hydrogens (tertiary/aromatic N) is 1. The average Bonchev–Trinajstić information content (AvgIpc) is 2.47. The number of morpholine rings is 1. The fourth-order valence-corrected chi connectivity index (χ4v) is 2.87. The van der Waals surface area contributed by atoms with Crippen LogP contribution in [0.5, 0.6) is 0 Å². The van der Waals surface area contributed by atoms with E-state index < -0.39 is 0 Å². The smallest absolute Gasteiger partial charge is 0.0645 e. The molecule has 21 heavy (non-hydrogen) atoms. The molecule has 0 aromatic heterocycles. The number of benzene rings is 1. The van der Waals surface area contributed by atoms with E-state index in [1.165, 1.54) is 17.5 Å². The van der Waals surface area contributed by atoms with E-state index in [-0.39, 0.29) is 5.54 Å². The van der Waals surface area contributed by atoms with Crippen molar-refractivity contribution in [2.45, 2.75) is 45.7 Å². The molecule has 1 aromatic carbocycles. The van der Waals surface area contributed by atoms with E-state index in [1.54, 1.807) is 0 Å². The SMILES string of the molecule is CCCNCCc1ccccc1CN1CCOCC1(C)C. The summed E-state index contributed by atoms with van der Waals surface area (Å²) in [5.41, 5.74) is 3.07. The van der Waals surface area contributed by atoms with Gasteiger partial charge in [-0.1, -0.05) is 31.2 Å². The van der Waals surface area contributed by atoms with Crippen molar-refractivity contribution in [3.8, 4) is 0 Å². The molecule has 2 rings (SSSR count).